The van der Waals surface area contributed by atoms with Crippen molar-refractivity contribution < 1.29 is 25.2 Å². The largest absolute Gasteiger partial charge is 0.490 e. The molecule has 0 saturated carbocycles. The lowest BCUT2D eigenvalue weighted by molar-refractivity contribution is 0.105. The Labute approximate surface area is 106 Å². The summed E-state index contributed by atoms with van der Waals surface area (Å²) >= 11 is 0. The van der Waals surface area contributed by atoms with E-state index in [1.165, 1.54) is 0 Å². The molecule has 0 spiro atoms. The van der Waals surface area contributed by atoms with Gasteiger partial charge in [0.15, 0.2) is 6.10 Å². The van der Waals surface area contributed by atoms with Crippen molar-refractivity contribution in [1.29, 1.82) is 0 Å². The van der Waals surface area contributed by atoms with Gasteiger partial charge in [-0.2, -0.15) is 0 Å². The van der Waals surface area contributed by atoms with Gasteiger partial charge in [-0.05, 0) is 37.0 Å². The van der Waals surface area contributed by atoms with Gasteiger partial charge in [-0.1, -0.05) is 6.07 Å². The summed E-state index contributed by atoms with van der Waals surface area (Å²) in [4.78, 5) is 11.1. The van der Waals surface area contributed by atoms with E-state index in [0.29, 0.717) is 0 Å². The Morgan fingerprint density at radius 3 is 2.88 bits per heavy atom. The number of amides is 1. The number of alkyl carbamates (subject to hydrolysis) is 1. The van der Waals surface area contributed by atoms with Crippen LogP contribution in [0.15, 0.2) is 18.2 Å². The molecule has 1 amide bonds. The van der Waals surface area contributed by atoms with E-state index in [9.17, 15) is 4.79 Å². The normalized spacial score (nSPS) is 31.2. The molecule has 1 saturated heterocycles. The molecule has 0 bridgehead atoms. The highest BCUT2D eigenvalue weighted by Crippen LogP contribution is 2.16. The summed E-state index contributed by atoms with van der Waals surface area (Å²) in [5, 5.41) is 1.96. The van der Waals surface area contributed by atoms with Crippen LogP contribution in [0.5, 0.6) is 5.75 Å². The van der Waals surface area contributed by atoms with Crippen LogP contribution in [0.1, 0.15) is 22.1 Å². The molecule has 16 heavy (non-hydrogen) atoms. The van der Waals surface area contributed by atoms with Crippen molar-refractivity contribution in [3.8, 4) is 5.75 Å². The molecule has 1 heterocycles. The number of cyclic esters (lactones) is 1. The molecule has 1 aliphatic heterocycles. The van der Waals surface area contributed by atoms with Crippen LogP contribution >= 0.6 is 0 Å². The second-order valence-corrected chi connectivity index (χ2v) is 3.22. The van der Waals surface area contributed by atoms with Gasteiger partial charge in [0.05, 0.1) is 9.24 Å². The third-order valence-corrected chi connectivity index (χ3v) is 1.89. The third-order valence-electron chi connectivity index (χ3n) is 1.89. The molecular formula is C12H15NO3. The smallest absolute Gasteiger partial charge is 0.407 e. The van der Waals surface area contributed by atoms with E-state index < -0.39 is 39.0 Å². The first kappa shape index (κ1) is 4.65. The van der Waals surface area contributed by atoms with Crippen LogP contribution in [0.4, 0.5) is 4.79 Å². The summed E-state index contributed by atoms with van der Waals surface area (Å²) in [6.07, 6.45) is -2.19. The summed E-state index contributed by atoms with van der Waals surface area (Å²) in [6.45, 7) is -7.62. The maximum Gasteiger partial charge on any atom is 0.407 e. The van der Waals surface area contributed by atoms with Crippen molar-refractivity contribution >= 4 is 6.09 Å². The van der Waals surface area contributed by atoms with Gasteiger partial charge in [0.1, 0.15) is 12.4 Å². The quantitative estimate of drug-likeness (QED) is 0.859. The molecule has 1 unspecified atom stereocenters. The van der Waals surface area contributed by atoms with Gasteiger partial charge < -0.3 is 14.8 Å². The summed E-state index contributed by atoms with van der Waals surface area (Å²) < 4.78 is 69.6. The predicted molar refractivity (Wildman–Crippen MR) is 59.7 cm³/mol. The van der Waals surface area contributed by atoms with Crippen LogP contribution in [0.3, 0.4) is 0 Å². The maximum atomic E-state index is 11.1. The van der Waals surface area contributed by atoms with Crippen LogP contribution in [-0.2, 0) is 4.74 Å². The molecule has 1 aromatic carbocycles. The molecule has 0 radical (unpaired) electrons. The Morgan fingerprint density at radius 1 is 1.56 bits per heavy atom. The molecule has 1 N–H and O–H groups in total. The van der Waals surface area contributed by atoms with Crippen molar-refractivity contribution in [1.82, 2.24) is 5.32 Å². The maximum absolute atomic E-state index is 11.1. The molecule has 4 nitrogen and oxygen atoms in total. The molecule has 2 rings (SSSR count). The van der Waals surface area contributed by atoms with E-state index >= 15 is 0 Å². The summed E-state index contributed by atoms with van der Waals surface area (Å²) in [5.41, 5.74) is -0.425. The van der Waals surface area contributed by atoms with Crippen LogP contribution in [0, 0.1) is 13.7 Å². The highest BCUT2D eigenvalue weighted by Gasteiger charge is 2.22. The lowest BCUT2D eigenvalue weighted by atomic mass is 10.1. The number of ether oxygens (including phenoxy) is 2. The van der Waals surface area contributed by atoms with E-state index in [0.717, 1.165) is 18.2 Å². The summed E-state index contributed by atoms with van der Waals surface area (Å²) in [5.74, 6) is -0.0616. The number of nitrogens with one attached hydrogen (secondary N) is 1. The molecule has 86 valence electrons. The average molecular weight is 229 g/mol. The van der Waals surface area contributed by atoms with Crippen molar-refractivity contribution in [2.45, 2.75) is 19.8 Å². The third kappa shape index (κ3) is 2.66. The van der Waals surface area contributed by atoms with Crippen molar-refractivity contribution in [2.24, 2.45) is 0 Å². The predicted octanol–water partition coefficient (Wildman–Crippen LogP) is 1.79. The number of hydrogen-bond acceptors (Lipinski definition) is 3. The minimum absolute atomic E-state index is 0.0616. The Bertz CT molecular complexity index is 608. The summed E-state index contributed by atoms with van der Waals surface area (Å²) in [7, 11) is 0. The van der Waals surface area contributed by atoms with E-state index in [2.05, 4.69) is 0 Å². The summed E-state index contributed by atoms with van der Waals surface area (Å²) in [6, 6.07) is 3.37. The SMILES string of the molecule is [2H]C([2H])([2H])c1cc(OCC2OC(=O)NC2([2H])[2H])cc(C([2H])([2H])[2H])c1. The molecule has 1 fully saturated rings. The lowest BCUT2D eigenvalue weighted by Crippen LogP contribution is -2.21. The second-order valence-electron chi connectivity index (χ2n) is 3.22. The first-order valence-electron chi connectivity index (χ1n) is 8.57. The van der Waals surface area contributed by atoms with E-state index in [-0.39, 0.29) is 16.9 Å². The molecule has 1 atom stereocenters. The first-order chi connectivity index (χ1) is 10.8. The molecule has 0 aliphatic carbocycles. The molecule has 4 heteroatoms. The van der Waals surface area contributed by atoms with Gasteiger partial charge in [0.25, 0.3) is 0 Å². The van der Waals surface area contributed by atoms with Crippen molar-refractivity contribution in [2.75, 3.05) is 13.1 Å². The number of carbonyl (C=O) groups excluding carboxylic acids is 1. The van der Waals surface area contributed by atoms with Crippen LogP contribution in [0.25, 0.3) is 0 Å². The lowest BCUT2D eigenvalue weighted by Gasteiger charge is -2.11. The van der Waals surface area contributed by atoms with Gasteiger partial charge in [0.2, 0.25) is 0 Å². The molecular weight excluding hydrogens is 206 g/mol. The Balaban J connectivity index is 2.25. The average Bonchev–Trinajstić information content (AvgIpc) is 2.66. The van der Waals surface area contributed by atoms with Crippen LogP contribution < -0.4 is 10.1 Å². The first-order valence-corrected chi connectivity index (χ1v) is 4.57. The fourth-order valence-electron chi connectivity index (χ4n) is 1.26. The second kappa shape index (κ2) is 4.43. The number of carbonyl (C=O) groups is 1. The number of rotatable bonds is 3. The van der Waals surface area contributed by atoms with Crippen molar-refractivity contribution in [3.05, 3.63) is 29.3 Å². The van der Waals surface area contributed by atoms with E-state index in [1.807, 2.05) is 5.32 Å². The monoisotopic (exact) mass is 229 g/mol. The van der Waals surface area contributed by atoms with Gasteiger partial charge in [-0.25, -0.2) is 4.79 Å². The topological polar surface area (TPSA) is 47.6 Å². The standard InChI is InChI=1S/C12H15NO3/c1-8-3-9(2)5-10(4-8)15-7-11-6-13-12(14)16-11/h3-5,11H,6-7H2,1-2H3,(H,13,14)/i1D3,2D3,6D2. The highest BCUT2D eigenvalue weighted by atomic mass is 16.6. The molecule has 1 aliphatic rings. The number of hydrogen-bond donors (Lipinski definition) is 1. The van der Waals surface area contributed by atoms with Gasteiger partial charge in [-0.15, -0.1) is 0 Å². The highest BCUT2D eigenvalue weighted by molar-refractivity contribution is 5.69. The molecule has 0 aromatic heterocycles. The fraction of sp³-hybridized carbons (Fsp3) is 0.417. The molecule has 1 aromatic rings. The Morgan fingerprint density at radius 2 is 2.31 bits per heavy atom. The minimum Gasteiger partial charge on any atom is -0.490 e. The fourth-order valence-corrected chi connectivity index (χ4v) is 1.26. The number of aryl methyl sites for hydroxylation is 2. The zero-order valence-electron chi connectivity index (χ0n) is 16.2. The minimum atomic E-state index is -2.53. The van der Waals surface area contributed by atoms with Crippen molar-refractivity contribution in [3.63, 3.8) is 0 Å². The Kier molecular flexibility index (Phi) is 1.29. The van der Waals surface area contributed by atoms with Crippen LogP contribution in [0.2, 0.25) is 0 Å². The van der Waals surface area contributed by atoms with Crippen LogP contribution in [-0.4, -0.2) is 25.3 Å². The zero-order valence-corrected chi connectivity index (χ0v) is 8.24. The van der Waals surface area contributed by atoms with Gasteiger partial charge in [-0.3, -0.25) is 0 Å². The van der Waals surface area contributed by atoms with E-state index in [4.69, 9.17) is 20.4 Å². The van der Waals surface area contributed by atoms with E-state index in [1.54, 1.807) is 0 Å². The van der Waals surface area contributed by atoms with Gasteiger partial charge in [0, 0.05) is 8.22 Å². The van der Waals surface area contributed by atoms with Gasteiger partial charge >= 0.3 is 6.09 Å². The Hall–Kier alpha value is -1.71. The zero-order chi connectivity index (χ0) is 18.3. The number of benzene rings is 1.